The Hall–Kier alpha value is -0.610. The molecule has 2 atom stereocenters. The van der Waals surface area contributed by atoms with Crippen molar-refractivity contribution in [1.29, 1.82) is 0 Å². The smallest absolute Gasteiger partial charge is 0.311 e. The van der Waals surface area contributed by atoms with Gasteiger partial charge in [-0.15, -0.1) is 0 Å². The van der Waals surface area contributed by atoms with Crippen LogP contribution in [0.5, 0.6) is 0 Å². The number of carbonyl (C=O) groups excluding carboxylic acids is 1. The first-order chi connectivity index (χ1) is 8.65. The molecule has 1 heterocycles. The van der Waals surface area contributed by atoms with Gasteiger partial charge in [0.15, 0.2) is 0 Å². The van der Waals surface area contributed by atoms with Crippen LogP contribution in [0.1, 0.15) is 60.3 Å². The summed E-state index contributed by atoms with van der Waals surface area (Å²) in [7, 11) is 1.40. The molecule has 0 aromatic rings. The summed E-state index contributed by atoms with van der Waals surface area (Å²) in [6.45, 7) is 9.69. The molecule has 0 aliphatic carbocycles. The van der Waals surface area contributed by atoms with E-state index in [1.165, 1.54) is 7.11 Å². The van der Waals surface area contributed by atoms with Gasteiger partial charge in [-0.25, -0.2) is 0 Å². The Labute approximate surface area is 116 Å². The predicted molar refractivity (Wildman–Crippen MR) is 73.8 cm³/mol. The molecule has 19 heavy (non-hydrogen) atoms. The Balaban J connectivity index is 3.00. The first-order valence-electron chi connectivity index (χ1n) is 7.16. The lowest BCUT2D eigenvalue weighted by molar-refractivity contribution is -0.265. The van der Waals surface area contributed by atoms with Gasteiger partial charge in [0.25, 0.3) is 0 Å². The normalized spacial score (nSPS) is 31.0. The van der Waals surface area contributed by atoms with E-state index >= 15 is 0 Å². The highest BCUT2D eigenvalue weighted by molar-refractivity contribution is 5.73. The average Bonchev–Trinajstić information content (AvgIpc) is 2.35. The van der Waals surface area contributed by atoms with Crippen molar-refractivity contribution >= 4 is 5.97 Å². The van der Waals surface area contributed by atoms with E-state index in [0.717, 1.165) is 0 Å². The first-order valence-corrected chi connectivity index (χ1v) is 7.16. The summed E-state index contributed by atoms with van der Waals surface area (Å²) >= 11 is 0. The second-order valence-corrected chi connectivity index (χ2v) is 6.29. The lowest BCUT2D eigenvalue weighted by Crippen LogP contribution is -2.61. The van der Waals surface area contributed by atoms with E-state index in [4.69, 9.17) is 9.47 Å². The third kappa shape index (κ3) is 2.79. The van der Waals surface area contributed by atoms with E-state index in [0.29, 0.717) is 25.7 Å². The van der Waals surface area contributed by atoms with Crippen molar-refractivity contribution in [3.05, 3.63) is 0 Å². The van der Waals surface area contributed by atoms with Crippen molar-refractivity contribution < 1.29 is 19.4 Å². The molecule has 0 spiro atoms. The molecule has 1 aliphatic heterocycles. The van der Waals surface area contributed by atoms with Crippen LogP contribution in [0.4, 0.5) is 0 Å². The van der Waals surface area contributed by atoms with Crippen LogP contribution in [0.15, 0.2) is 0 Å². The van der Waals surface area contributed by atoms with Gasteiger partial charge < -0.3 is 14.6 Å². The van der Waals surface area contributed by atoms with Crippen molar-refractivity contribution in [2.24, 2.45) is 5.92 Å². The fourth-order valence-electron chi connectivity index (χ4n) is 3.34. The van der Waals surface area contributed by atoms with Crippen LogP contribution in [-0.2, 0) is 14.3 Å². The molecular formula is C15H28O4. The molecule has 0 bridgehead atoms. The van der Waals surface area contributed by atoms with Crippen molar-refractivity contribution in [2.75, 3.05) is 7.11 Å². The van der Waals surface area contributed by atoms with Gasteiger partial charge >= 0.3 is 5.97 Å². The molecule has 4 heteroatoms. The van der Waals surface area contributed by atoms with Gasteiger partial charge in [-0.05, 0) is 46.5 Å². The van der Waals surface area contributed by atoms with E-state index in [9.17, 15) is 9.90 Å². The number of esters is 1. The van der Waals surface area contributed by atoms with E-state index in [1.54, 1.807) is 0 Å². The van der Waals surface area contributed by atoms with Crippen LogP contribution in [0.2, 0.25) is 0 Å². The van der Waals surface area contributed by atoms with Gasteiger partial charge in [-0.2, -0.15) is 0 Å². The third-order valence-electron chi connectivity index (χ3n) is 4.88. The highest BCUT2D eigenvalue weighted by Gasteiger charge is 2.54. The van der Waals surface area contributed by atoms with E-state index in [2.05, 4.69) is 0 Å². The summed E-state index contributed by atoms with van der Waals surface area (Å²) in [4.78, 5) is 11.8. The number of rotatable bonds is 4. The Bertz CT molecular complexity index is 333. The number of carbonyl (C=O) groups is 1. The van der Waals surface area contributed by atoms with Crippen molar-refractivity contribution in [2.45, 2.75) is 77.1 Å². The summed E-state index contributed by atoms with van der Waals surface area (Å²) in [6, 6.07) is 0. The molecule has 0 unspecified atom stereocenters. The largest absolute Gasteiger partial charge is 0.469 e. The minimum atomic E-state index is -0.856. The number of hydrogen-bond donors (Lipinski definition) is 1. The maximum atomic E-state index is 11.8. The molecule has 1 aliphatic rings. The molecule has 4 nitrogen and oxygen atoms in total. The van der Waals surface area contributed by atoms with Crippen molar-refractivity contribution in [1.82, 2.24) is 0 Å². The van der Waals surface area contributed by atoms with Crippen LogP contribution < -0.4 is 0 Å². The zero-order valence-corrected chi connectivity index (χ0v) is 13.1. The minimum absolute atomic E-state index is 0.233. The minimum Gasteiger partial charge on any atom is -0.469 e. The summed E-state index contributed by atoms with van der Waals surface area (Å²) < 4.78 is 11.0. The molecule has 0 radical (unpaired) electrons. The summed E-state index contributed by atoms with van der Waals surface area (Å²) in [5, 5.41) is 10.8. The van der Waals surface area contributed by atoms with Gasteiger partial charge in [0.1, 0.15) is 0 Å². The fourth-order valence-corrected chi connectivity index (χ4v) is 3.34. The average molecular weight is 272 g/mol. The third-order valence-corrected chi connectivity index (χ3v) is 4.88. The number of methoxy groups -OCH3 is 1. The van der Waals surface area contributed by atoms with Crippen LogP contribution in [0, 0.1) is 5.92 Å². The Morgan fingerprint density at radius 2 is 1.89 bits per heavy atom. The number of hydrogen-bond acceptors (Lipinski definition) is 4. The molecule has 0 amide bonds. The number of aliphatic hydroxyl groups is 1. The molecule has 1 rings (SSSR count). The Kier molecular flexibility index (Phi) is 4.68. The summed E-state index contributed by atoms with van der Waals surface area (Å²) in [5.41, 5.74) is -2.10. The molecule has 1 N–H and O–H groups in total. The van der Waals surface area contributed by atoms with Gasteiger partial charge in [0, 0.05) is 0 Å². The molecule has 1 saturated heterocycles. The molecule has 0 saturated carbocycles. The zero-order valence-electron chi connectivity index (χ0n) is 13.1. The zero-order chi connectivity index (χ0) is 14.9. The van der Waals surface area contributed by atoms with Crippen LogP contribution in [0.3, 0.4) is 0 Å². The molecular weight excluding hydrogens is 244 g/mol. The van der Waals surface area contributed by atoms with Gasteiger partial charge in [0.2, 0.25) is 0 Å². The van der Waals surface area contributed by atoms with Crippen molar-refractivity contribution in [3.8, 4) is 0 Å². The van der Waals surface area contributed by atoms with Crippen LogP contribution in [0.25, 0.3) is 0 Å². The predicted octanol–water partition coefficient (Wildman–Crippen LogP) is 2.67. The molecule has 1 fully saturated rings. The highest BCUT2D eigenvalue weighted by atomic mass is 16.6. The van der Waals surface area contributed by atoms with Gasteiger partial charge in [-0.3, -0.25) is 4.79 Å². The standard InChI is InChI=1S/C15H28O4/c1-7-15(17,8-2)14(5)10-9-11(12(16)18-6)13(3,4)19-14/h11,17H,7-10H2,1-6H3/t11-,14+/m0/s1. The number of ether oxygens (including phenoxy) is 2. The second kappa shape index (κ2) is 5.41. The lowest BCUT2D eigenvalue weighted by Gasteiger charge is -2.53. The summed E-state index contributed by atoms with van der Waals surface area (Å²) in [5.74, 6) is -0.507. The second-order valence-electron chi connectivity index (χ2n) is 6.29. The summed E-state index contributed by atoms with van der Waals surface area (Å²) in [6.07, 6.45) is 2.62. The maximum Gasteiger partial charge on any atom is 0.311 e. The fraction of sp³-hybridized carbons (Fsp3) is 0.933. The Morgan fingerprint density at radius 3 is 2.26 bits per heavy atom. The molecule has 0 aromatic heterocycles. The monoisotopic (exact) mass is 272 g/mol. The van der Waals surface area contributed by atoms with Crippen molar-refractivity contribution in [3.63, 3.8) is 0 Å². The van der Waals surface area contributed by atoms with Crippen LogP contribution >= 0.6 is 0 Å². The first kappa shape index (κ1) is 16.4. The van der Waals surface area contributed by atoms with Gasteiger partial charge in [-0.1, -0.05) is 13.8 Å². The molecule has 112 valence electrons. The lowest BCUT2D eigenvalue weighted by atomic mass is 9.70. The topological polar surface area (TPSA) is 55.8 Å². The van der Waals surface area contributed by atoms with E-state index < -0.39 is 16.8 Å². The Morgan fingerprint density at radius 1 is 1.37 bits per heavy atom. The SMILES string of the molecule is CCC(O)(CC)[C@@]1(C)CC[C@@H](C(=O)OC)C(C)(C)O1. The maximum absolute atomic E-state index is 11.8. The van der Waals surface area contributed by atoms with E-state index in [1.807, 2.05) is 34.6 Å². The van der Waals surface area contributed by atoms with E-state index in [-0.39, 0.29) is 11.9 Å². The molecule has 0 aromatic carbocycles. The van der Waals surface area contributed by atoms with Crippen LogP contribution in [-0.4, -0.2) is 35.0 Å². The quantitative estimate of drug-likeness (QED) is 0.799. The van der Waals surface area contributed by atoms with Gasteiger partial charge in [0.05, 0.1) is 29.8 Å². The highest BCUT2D eigenvalue weighted by Crippen LogP contribution is 2.46.